The maximum atomic E-state index is 11.2. The number of nitrogens with zero attached hydrogens (tertiary/aromatic N) is 1. The van der Waals surface area contributed by atoms with Crippen LogP contribution in [0.5, 0.6) is 0 Å². The van der Waals surface area contributed by atoms with E-state index in [2.05, 4.69) is 24.3 Å². The summed E-state index contributed by atoms with van der Waals surface area (Å²) in [5, 5.41) is 2.39. The summed E-state index contributed by atoms with van der Waals surface area (Å²) in [6, 6.07) is 14.3. The van der Waals surface area contributed by atoms with Gasteiger partial charge in [-0.2, -0.15) is 0 Å². The van der Waals surface area contributed by atoms with E-state index in [0.717, 1.165) is 6.42 Å². The van der Waals surface area contributed by atoms with Gasteiger partial charge in [0.25, 0.3) is 5.91 Å². The first kappa shape index (κ1) is 12.3. The third kappa shape index (κ3) is 2.56. The van der Waals surface area contributed by atoms with E-state index in [9.17, 15) is 9.59 Å². The molecule has 2 rings (SSSR count). The molecule has 2 aromatic rings. The highest BCUT2D eigenvalue weighted by Crippen LogP contribution is 2.18. The molecule has 0 N–H and O–H groups in total. The first-order valence-corrected chi connectivity index (χ1v) is 5.89. The number of carbonyl (C=O) groups excluding carboxylic acids is 2. The molecule has 0 atom stereocenters. The zero-order valence-corrected chi connectivity index (χ0v) is 10.3. The molecule has 0 aliphatic carbocycles. The predicted molar refractivity (Wildman–Crippen MR) is 71.4 cm³/mol. The number of benzene rings is 2. The summed E-state index contributed by atoms with van der Waals surface area (Å²) < 4.78 is 0. The number of rotatable bonds is 4. The summed E-state index contributed by atoms with van der Waals surface area (Å²) in [6.07, 6.45) is 1.10. The minimum atomic E-state index is -0.477. The molecule has 0 saturated heterocycles. The van der Waals surface area contributed by atoms with E-state index in [1.54, 1.807) is 7.05 Å². The average Bonchev–Trinajstić information content (AvgIpc) is 2.43. The van der Waals surface area contributed by atoms with Gasteiger partial charge in [0.05, 0.1) is 0 Å². The molecule has 0 unspecified atom stereocenters. The van der Waals surface area contributed by atoms with Gasteiger partial charge in [0.1, 0.15) is 0 Å². The number of likely N-dealkylation sites (N-methyl/N-ethyl adjacent to an activating group) is 1. The fourth-order valence-corrected chi connectivity index (χ4v) is 2.00. The van der Waals surface area contributed by atoms with Gasteiger partial charge in [-0.25, -0.2) is 0 Å². The Morgan fingerprint density at radius 2 is 1.89 bits per heavy atom. The normalized spacial score (nSPS) is 10.3. The summed E-state index contributed by atoms with van der Waals surface area (Å²) in [7, 11) is 1.64. The second kappa shape index (κ2) is 5.45. The lowest BCUT2D eigenvalue weighted by atomic mass is 10.0. The number of hydrogen-bond acceptors (Lipinski definition) is 2. The molecule has 0 fully saturated rings. The lowest BCUT2D eigenvalue weighted by Crippen LogP contribution is -2.29. The quantitative estimate of drug-likeness (QED) is 0.607. The van der Waals surface area contributed by atoms with Crippen molar-refractivity contribution in [2.24, 2.45) is 0 Å². The van der Waals surface area contributed by atoms with Crippen molar-refractivity contribution in [3.63, 3.8) is 0 Å². The van der Waals surface area contributed by atoms with Crippen LogP contribution < -0.4 is 0 Å². The van der Waals surface area contributed by atoms with Crippen LogP contribution in [0.4, 0.5) is 0 Å². The maximum absolute atomic E-state index is 11.2. The second-order valence-electron chi connectivity index (χ2n) is 4.27. The van der Waals surface area contributed by atoms with Gasteiger partial charge in [-0.3, -0.25) is 9.59 Å². The molecule has 0 radical (unpaired) electrons. The summed E-state index contributed by atoms with van der Waals surface area (Å²) in [5.74, 6) is -0.477. The van der Waals surface area contributed by atoms with Crippen LogP contribution in [0.15, 0.2) is 42.5 Å². The van der Waals surface area contributed by atoms with Crippen LogP contribution in [0.2, 0.25) is 0 Å². The van der Waals surface area contributed by atoms with Crippen LogP contribution in [0.1, 0.15) is 5.56 Å². The minimum absolute atomic E-state index is 0.350. The highest BCUT2D eigenvalue weighted by Gasteiger charge is 2.07. The molecule has 92 valence electrons. The van der Waals surface area contributed by atoms with Crippen molar-refractivity contribution in [1.82, 2.24) is 4.90 Å². The second-order valence-corrected chi connectivity index (χ2v) is 4.27. The smallest absolute Gasteiger partial charge is 0.286 e. The van der Waals surface area contributed by atoms with E-state index in [-0.39, 0.29) is 0 Å². The van der Waals surface area contributed by atoms with E-state index in [0.29, 0.717) is 12.8 Å². The Morgan fingerprint density at radius 3 is 2.67 bits per heavy atom. The van der Waals surface area contributed by atoms with Crippen LogP contribution in [-0.4, -0.2) is 30.7 Å². The summed E-state index contributed by atoms with van der Waals surface area (Å²) in [6.45, 7) is 0.547. The molecular weight excluding hydrogens is 226 g/mol. The first-order chi connectivity index (χ1) is 8.72. The number of aldehydes is 1. The van der Waals surface area contributed by atoms with Crippen molar-refractivity contribution in [1.29, 1.82) is 0 Å². The minimum Gasteiger partial charge on any atom is -0.339 e. The monoisotopic (exact) mass is 241 g/mol. The van der Waals surface area contributed by atoms with Gasteiger partial charge in [0.15, 0.2) is 0 Å². The van der Waals surface area contributed by atoms with Gasteiger partial charge in [0, 0.05) is 13.6 Å². The zero-order valence-electron chi connectivity index (χ0n) is 10.3. The van der Waals surface area contributed by atoms with Gasteiger partial charge >= 0.3 is 0 Å². The SMILES string of the molecule is CN(CCc1cccc2ccccc12)C(=O)C=O. The van der Waals surface area contributed by atoms with Gasteiger partial charge in [-0.1, -0.05) is 42.5 Å². The molecule has 3 nitrogen and oxygen atoms in total. The van der Waals surface area contributed by atoms with Gasteiger partial charge in [-0.15, -0.1) is 0 Å². The highest BCUT2D eigenvalue weighted by atomic mass is 16.2. The fourth-order valence-electron chi connectivity index (χ4n) is 2.00. The Labute approximate surface area is 106 Å². The zero-order chi connectivity index (χ0) is 13.0. The van der Waals surface area contributed by atoms with Crippen molar-refractivity contribution in [3.05, 3.63) is 48.0 Å². The molecule has 0 heterocycles. The molecule has 3 heteroatoms. The molecule has 18 heavy (non-hydrogen) atoms. The Bertz CT molecular complexity index is 572. The molecule has 0 spiro atoms. The molecular formula is C15H15NO2. The van der Waals surface area contributed by atoms with Crippen LogP contribution in [0.25, 0.3) is 10.8 Å². The number of carbonyl (C=O) groups is 2. The molecule has 0 aliphatic rings. The Hall–Kier alpha value is -2.16. The number of fused-ring (bicyclic) bond motifs is 1. The number of hydrogen-bond donors (Lipinski definition) is 0. The highest BCUT2D eigenvalue weighted by molar-refractivity contribution is 6.23. The van der Waals surface area contributed by atoms with E-state index in [1.807, 2.05) is 18.2 Å². The van der Waals surface area contributed by atoms with Crippen LogP contribution in [0.3, 0.4) is 0 Å². The fraction of sp³-hybridized carbons (Fsp3) is 0.200. The Balaban J connectivity index is 2.17. The molecule has 2 aromatic carbocycles. The van der Waals surface area contributed by atoms with Gasteiger partial charge in [-0.05, 0) is 22.8 Å². The van der Waals surface area contributed by atoms with Gasteiger partial charge < -0.3 is 4.90 Å². The topological polar surface area (TPSA) is 37.4 Å². The average molecular weight is 241 g/mol. The Kier molecular flexibility index (Phi) is 3.72. The molecule has 0 aliphatic heterocycles. The van der Waals surface area contributed by atoms with Crippen LogP contribution >= 0.6 is 0 Å². The summed E-state index contributed by atoms with van der Waals surface area (Å²) >= 11 is 0. The van der Waals surface area contributed by atoms with E-state index >= 15 is 0 Å². The lowest BCUT2D eigenvalue weighted by Gasteiger charge is -2.14. The standard InChI is InChI=1S/C15H15NO2/c1-16(15(18)11-17)10-9-13-7-4-6-12-5-2-3-8-14(12)13/h2-8,11H,9-10H2,1H3. The third-order valence-electron chi connectivity index (χ3n) is 3.07. The van der Waals surface area contributed by atoms with Crippen molar-refractivity contribution in [2.75, 3.05) is 13.6 Å². The maximum Gasteiger partial charge on any atom is 0.286 e. The molecule has 0 bridgehead atoms. The molecule has 0 aromatic heterocycles. The van der Waals surface area contributed by atoms with E-state index in [1.165, 1.54) is 21.2 Å². The number of amides is 1. The van der Waals surface area contributed by atoms with Crippen LogP contribution in [0, 0.1) is 0 Å². The van der Waals surface area contributed by atoms with Gasteiger partial charge in [0.2, 0.25) is 6.29 Å². The van der Waals surface area contributed by atoms with E-state index in [4.69, 9.17) is 0 Å². The third-order valence-corrected chi connectivity index (χ3v) is 3.07. The van der Waals surface area contributed by atoms with Crippen LogP contribution in [-0.2, 0) is 16.0 Å². The van der Waals surface area contributed by atoms with E-state index < -0.39 is 5.91 Å². The largest absolute Gasteiger partial charge is 0.339 e. The molecule has 1 amide bonds. The lowest BCUT2D eigenvalue weighted by molar-refractivity contribution is -0.137. The van der Waals surface area contributed by atoms with Crippen molar-refractivity contribution >= 4 is 23.0 Å². The summed E-state index contributed by atoms with van der Waals surface area (Å²) in [4.78, 5) is 23.0. The first-order valence-electron chi connectivity index (χ1n) is 5.89. The van der Waals surface area contributed by atoms with Crippen molar-refractivity contribution < 1.29 is 9.59 Å². The predicted octanol–water partition coefficient (Wildman–Crippen LogP) is 2.04. The molecule has 0 saturated carbocycles. The summed E-state index contributed by atoms with van der Waals surface area (Å²) in [5.41, 5.74) is 1.19. The Morgan fingerprint density at radius 1 is 1.17 bits per heavy atom. The van der Waals surface area contributed by atoms with Crippen molar-refractivity contribution in [3.8, 4) is 0 Å². The van der Waals surface area contributed by atoms with Crippen molar-refractivity contribution in [2.45, 2.75) is 6.42 Å².